The summed E-state index contributed by atoms with van der Waals surface area (Å²) >= 11 is 6.39. The van der Waals surface area contributed by atoms with Gasteiger partial charge in [-0.05, 0) is 141 Å². The van der Waals surface area contributed by atoms with Crippen LogP contribution in [-0.2, 0) is 42.9 Å². The normalized spacial score (nSPS) is 10.1. The molecule has 11 aromatic rings. The number of methoxy groups -OCH3 is 1. The molecular weight excluding hydrogens is 1550 g/mol. The maximum Gasteiger partial charge on any atom is 0.314 e. The number of nitrogen functional groups attached to an aromatic ring is 1. The topological polar surface area (TPSA) is 270 Å². The Bertz CT molecular complexity index is 4620. The van der Waals surface area contributed by atoms with Crippen LogP contribution in [0.5, 0.6) is 11.8 Å². The number of carbonyl (C=O) groups is 4. The van der Waals surface area contributed by atoms with E-state index in [1.165, 1.54) is 34.4 Å². The van der Waals surface area contributed by atoms with Crippen LogP contribution >= 0.6 is 40.3 Å². The molecule has 618 valence electrons. The monoisotopic (exact) mass is 1670 g/mol. The highest BCUT2D eigenvalue weighted by molar-refractivity contribution is 8.93. The Morgan fingerprint density at radius 1 is 0.513 bits per heavy atom. The van der Waals surface area contributed by atoms with Gasteiger partial charge >= 0.3 is 5.97 Å². The van der Waals surface area contributed by atoms with E-state index in [9.17, 15) is 28.8 Å². The third-order valence-corrected chi connectivity index (χ3v) is 14.8. The first-order chi connectivity index (χ1) is 55.2. The first-order valence-electron chi connectivity index (χ1n) is 38.4. The quantitative estimate of drug-likeness (QED) is 0.0228. The average Bonchev–Trinajstić information content (AvgIpc) is 0.817. The van der Waals surface area contributed by atoms with Crippen molar-refractivity contribution in [2.75, 3.05) is 17.7 Å². The van der Waals surface area contributed by atoms with E-state index in [1.807, 2.05) is 323 Å². The number of hydrogen-bond donors (Lipinski definition) is 3. The summed E-state index contributed by atoms with van der Waals surface area (Å²) in [6.07, 6.45) is -0.496. The van der Waals surface area contributed by atoms with Crippen LogP contribution in [0.4, 0.5) is 17.1 Å². The Morgan fingerprint density at radius 3 is 1.33 bits per heavy atom. The molecule has 9 aromatic carbocycles. The van der Waals surface area contributed by atoms with Crippen molar-refractivity contribution in [3.8, 4) is 23.1 Å². The van der Waals surface area contributed by atoms with Crippen LogP contribution in [0.2, 0.25) is 0 Å². The van der Waals surface area contributed by atoms with Crippen molar-refractivity contribution < 1.29 is 33.4 Å². The summed E-state index contributed by atoms with van der Waals surface area (Å²) in [5.41, 5.74) is 18.4. The molecule has 0 bridgehead atoms. The van der Waals surface area contributed by atoms with Gasteiger partial charge < -0.3 is 25.7 Å². The lowest BCUT2D eigenvalue weighted by molar-refractivity contribution is -0.142. The van der Waals surface area contributed by atoms with E-state index in [4.69, 9.17) is 38.0 Å². The molecule has 0 saturated carbocycles. The number of nitrogens with two attached hydrogens (primary N) is 2. The van der Waals surface area contributed by atoms with Crippen molar-refractivity contribution >= 4 is 108 Å². The molecule has 1 aliphatic heterocycles. The summed E-state index contributed by atoms with van der Waals surface area (Å²) in [7, 11) is 1.20. The number of amides is 2. The van der Waals surface area contributed by atoms with E-state index in [2.05, 4.69) is 67.2 Å². The smallest absolute Gasteiger partial charge is 0.314 e. The number of esters is 1. The van der Waals surface area contributed by atoms with Crippen molar-refractivity contribution in [3.63, 3.8) is 0 Å². The van der Waals surface area contributed by atoms with Crippen molar-refractivity contribution in [1.29, 1.82) is 5.41 Å². The number of amidine groups is 2. The zero-order valence-corrected chi connectivity index (χ0v) is 74.3. The van der Waals surface area contributed by atoms with Crippen molar-refractivity contribution in [2.45, 2.75) is 170 Å². The molecule has 0 saturated heterocycles. The molecule has 0 atom stereocenters. The average molecular weight is 1670 g/mol. The molecule has 5 N–H and O–H groups in total. The minimum absolute atomic E-state index is 0. The van der Waals surface area contributed by atoms with Gasteiger partial charge in [0.1, 0.15) is 43.5 Å². The van der Waals surface area contributed by atoms with Gasteiger partial charge in [0.2, 0.25) is 22.9 Å². The van der Waals surface area contributed by atoms with Gasteiger partial charge in [0.05, 0.1) is 52.4 Å². The first kappa shape index (κ1) is 108. The fraction of sp³-hybridized carbons (Fsp3) is 0.280. The summed E-state index contributed by atoms with van der Waals surface area (Å²) in [6.45, 7) is 39.4. The van der Waals surface area contributed by atoms with Gasteiger partial charge in [0, 0.05) is 11.4 Å². The Hall–Kier alpha value is -11.4. The highest BCUT2D eigenvalue weighted by atomic mass is 79.9. The molecule has 12 rings (SSSR count). The summed E-state index contributed by atoms with van der Waals surface area (Å²) in [5.74, 6) is 2.65. The summed E-state index contributed by atoms with van der Waals surface area (Å²) < 4.78 is 18.7. The second-order valence-electron chi connectivity index (χ2n) is 21.7. The lowest BCUT2D eigenvalue weighted by Crippen LogP contribution is -2.40. The number of thioether (sulfide) groups is 1. The molecule has 3 heterocycles. The lowest BCUT2D eigenvalue weighted by Gasteiger charge is -2.24. The highest BCUT2D eigenvalue weighted by Crippen LogP contribution is 2.22. The zero-order chi connectivity index (χ0) is 86.2. The van der Waals surface area contributed by atoms with E-state index in [0.717, 1.165) is 45.3 Å². The fourth-order valence-electron chi connectivity index (χ4n) is 9.13. The standard InChI is InChI=1S/C19H18N2O2.C18H16N2O2.C13H13NS.C11H10N2O2.C8H10N2.C6H7N.C4H5ClO3.7C2H6.BrH/c1-14-18(23-13-16-9-5-3-6-10-16)20-15(2)21(19(14)22)17-11-7-4-8-12-17;1-14-19-17(22-13-15-8-4-2-5-9-15)12-18(21)20(14)16-10-6-3-7-11-16;1-10(14)15-9-11-6-7-12-4-2-3-5-13(12)8-11;1-8-12-10(14)7-11(15)13(8)9-5-3-2-4-6-9;1-7(9)10-8-5-3-2-4-6-8;7-6-4-2-1-3-5-6;1-8-4(7)2-3(5)6;7*1-2;/h3-12H,13H2,1-2H3;2-12H,13H2,1H3;2-8,14H,9H2,1H3;2-6H,7H2,1H3;2-6H,1H3,(H2,9,10);1-5H,7H2;2H2,1H3;7*1-2H3;1H. The number of rotatable bonds is 14. The zero-order valence-electron chi connectivity index (χ0n) is 71.0. The molecule has 0 unspecified atom stereocenters. The predicted octanol–water partition coefficient (Wildman–Crippen LogP) is 23.0. The number of para-hydroxylation sites is 5. The minimum Gasteiger partial charge on any atom is -0.473 e. The van der Waals surface area contributed by atoms with Gasteiger partial charge in [-0.15, -0.1) is 28.7 Å². The van der Waals surface area contributed by atoms with Crippen LogP contribution in [0.3, 0.4) is 0 Å². The van der Waals surface area contributed by atoms with Crippen molar-refractivity contribution in [1.82, 2.24) is 19.1 Å². The van der Waals surface area contributed by atoms with E-state index in [0.29, 0.717) is 58.9 Å². The van der Waals surface area contributed by atoms with Gasteiger partial charge in [-0.25, -0.2) is 4.99 Å². The van der Waals surface area contributed by atoms with Crippen LogP contribution in [-0.4, -0.2) is 66.0 Å². The van der Waals surface area contributed by atoms with Gasteiger partial charge in [-0.3, -0.25) is 48.2 Å². The minimum atomic E-state index is -0.697. The van der Waals surface area contributed by atoms with E-state index >= 15 is 0 Å². The van der Waals surface area contributed by atoms with E-state index in [-0.39, 0.29) is 52.8 Å². The number of ether oxygens (including phenoxy) is 3. The molecule has 2 aromatic heterocycles. The second-order valence-corrected chi connectivity index (χ2v) is 23.3. The predicted molar refractivity (Wildman–Crippen MR) is 492 cm³/mol. The maximum atomic E-state index is 12.7. The number of aliphatic imine (C=N–C) groups is 2. The fourth-order valence-corrected chi connectivity index (χ4v) is 9.81. The number of aromatic nitrogens is 4. The Morgan fingerprint density at radius 2 is 0.922 bits per heavy atom. The van der Waals surface area contributed by atoms with E-state index in [1.54, 1.807) is 48.6 Å². The summed E-state index contributed by atoms with van der Waals surface area (Å²) in [6, 6.07) is 83.1. The number of benzene rings is 9. The van der Waals surface area contributed by atoms with Gasteiger partial charge in [0.25, 0.3) is 17.0 Å². The molecule has 0 spiro atoms. The third-order valence-electron chi connectivity index (χ3n) is 13.8. The second kappa shape index (κ2) is 67.1. The van der Waals surface area contributed by atoms with Crippen LogP contribution in [0.1, 0.15) is 164 Å². The van der Waals surface area contributed by atoms with E-state index < -0.39 is 11.2 Å². The Kier molecular flexibility index (Phi) is 62.9. The molecule has 19 nitrogen and oxygen atoms in total. The van der Waals surface area contributed by atoms with Gasteiger partial charge in [-0.2, -0.15) is 15.0 Å². The molecule has 22 heteroatoms. The number of anilines is 2. The molecule has 0 radical (unpaired) electrons. The first-order valence-corrected chi connectivity index (χ1v) is 39.7. The van der Waals surface area contributed by atoms with Crippen LogP contribution < -0.4 is 37.0 Å². The molecule has 0 fully saturated rings. The van der Waals surface area contributed by atoms with Crippen molar-refractivity contribution in [3.05, 3.63) is 315 Å². The molecular formula is C93H122BrClN10O9S. The molecule has 2 amide bonds. The van der Waals surface area contributed by atoms with Crippen LogP contribution in [0.15, 0.2) is 280 Å². The number of carbonyl (C=O) groups excluding carboxylic acids is 4. The van der Waals surface area contributed by atoms with Gasteiger partial charge in [-0.1, -0.05) is 291 Å². The molecule has 0 aliphatic carbocycles. The Balaban J connectivity index is -0.00000127. The number of aryl methyl sites for hydroxylation is 2. The number of halogens is 2. The van der Waals surface area contributed by atoms with Gasteiger partial charge in [0.15, 0.2) is 0 Å². The number of nitrogens with one attached hydrogen (secondary N) is 1. The van der Waals surface area contributed by atoms with Crippen LogP contribution in [0, 0.1) is 26.2 Å². The molecule has 115 heavy (non-hydrogen) atoms. The maximum absolute atomic E-state index is 12.7. The number of nitrogens with zero attached hydrogens (tertiary/aromatic N) is 7. The summed E-state index contributed by atoms with van der Waals surface area (Å²) in [5, 5.41) is 9.89. The summed E-state index contributed by atoms with van der Waals surface area (Å²) in [4.78, 5) is 85.7. The molecule has 1 aliphatic rings. The largest absolute Gasteiger partial charge is 0.473 e. The third kappa shape index (κ3) is 44.0. The van der Waals surface area contributed by atoms with Crippen molar-refractivity contribution in [2.24, 2.45) is 15.7 Å². The Labute approximate surface area is 703 Å². The number of hydrogen-bond acceptors (Lipinski definition) is 15. The SMILES string of the molecule is Br.CC.CC.CC.CC.CC.CC.CC.CC(=N)SCc1ccc2ccccc2c1.CC(N)=Nc1ccccc1.CC1=NC(=O)CC(=O)N1c1ccccc1.COC(=O)CC(=O)Cl.Cc1c(OCc2ccccc2)nc(C)n(-c2ccccc2)c1=O.Cc1nc(OCc2ccccc2)cc(=O)n1-c1ccccc1.Nc1ccccc1. The highest BCUT2D eigenvalue weighted by Gasteiger charge is 2.26. The lowest BCUT2D eigenvalue weighted by atomic mass is 10.1. The number of fused-ring (bicyclic) bond motifs is 1. The van der Waals surface area contributed by atoms with Crippen LogP contribution in [0.25, 0.3) is 22.1 Å².